The van der Waals surface area contributed by atoms with Gasteiger partial charge in [-0.25, -0.2) is 15.0 Å². The van der Waals surface area contributed by atoms with Gasteiger partial charge in [0.2, 0.25) is 11.8 Å². The van der Waals surface area contributed by atoms with Crippen LogP contribution in [0.5, 0.6) is 0 Å². The van der Waals surface area contributed by atoms with Gasteiger partial charge in [-0.15, -0.1) is 0 Å². The highest BCUT2D eigenvalue weighted by Gasteiger charge is 2.43. The van der Waals surface area contributed by atoms with Crippen molar-refractivity contribution in [3.63, 3.8) is 0 Å². The summed E-state index contributed by atoms with van der Waals surface area (Å²) in [5.41, 5.74) is 12.2. The van der Waals surface area contributed by atoms with E-state index < -0.39 is 5.91 Å². The number of aromatic nitrogens is 3. The number of primary amides is 1. The Hall–Kier alpha value is -2.48. The normalized spacial score (nSPS) is 26.0. The molecule has 5 N–H and O–H groups in total. The number of amides is 1. The van der Waals surface area contributed by atoms with Gasteiger partial charge in [0, 0.05) is 6.61 Å². The summed E-state index contributed by atoms with van der Waals surface area (Å²) in [6, 6.07) is 0. The first-order chi connectivity index (χ1) is 11.9. The standard InChI is InChI=1S/C17H23N5O3/c1-9-10(8-23)3-4-17(9,2)7-11-12(15-20-5-6-25-15)13(14(18)24)22-16(19)21-11/h5-6,9-10,23H,3-4,7-8H2,1-2H3,(H2,18,24)(H2,19,21,22). The van der Waals surface area contributed by atoms with Gasteiger partial charge < -0.3 is 21.0 Å². The van der Waals surface area contributed by atoms with E-state index in [4.69, 9.17) is 15.9 Å². The highest BCUT2D eigenvalue weighted by atomic mass is 16.3. The van der Waals surface area contributed by atoms with Gasteiger partial charge >= 0.3 is 0 Å². The van der Waals surface area contributed by atoms with Crippen LogP contribution in [-0.4, -0.2) is 32.6 Å². The molecule has 1 saturated carbocycles. The second kappa shape index (κ2) is 6.44. The van der Waals surface area contributed by atoms with E-state index in [1.54, 1.807) is 0 Å². The Balaban J connectivity index is 2.08. The summed E-state index contributed by atoms with van der Waals surface area (Å²) in [6.07, 6.45) is 5.37. The largest absolute Gasteiger partial charge is 0.444 e. The average Bonchev–Trinajstić information content (AvgIpc) is 3.17. The molecule has 0 radical (unpaired) electrons. The Morgan fingerprint density at radius 3 is 2.80 bits per heavy atom. The lowest BCUT2D eigenvalue weighted by Crippen LogP contribution is -2.28. The van der Waals surface area contributed by atoms with E-state index in [0.717, 1.165) is 12.8 Å². The molecule has 8 nitrogen and oxygen atoms in total. The third-order valence-electron chi connectivity index (χ3n) is 5.58. The number of anilines is 1. The Morgan fingerprint density at radius 1 is 1.48 bits per heavy atom. The Morgan fingerprint density at radius 2 is 2.24 bits per heavy atom. The van der Waals surface area contributed by atoms with Crippen molar-refractivity contribution in [2.75, 3.05) is 12.3 Å². The first kappa shape index (κ1) is 17.3. The van der Waals surface area contributed by atoms with Crippen molar-refractivity contribution in [3.05, 3.63) is 23.8 Å². The molecule has 1 fully saturated rings. The second-order valence-corrected chi connectivity index (χ2v) is 7.05. The smallest absolute Gasteiger partial charge is 0.268 e. The van der Waals surface area contributed by atoms with Gasteiger partial charge in [0.25, 0.3) is 5.91 Å². The summed E-state index contributed by atoms with van der Waals surface area (Å²) in [4.78, 5) is 24.4. The molecule has 1 aliphatic carbocycles. The number of oxazole rings is 1. The van der Waals surface area contributed by atoms with Gasteiger partial charge in [0.1, 0.15) is 12.0 Å². The van der Waals surface area contributed by atoms with Gasteiger partial charge in [-0.1, -0.05) is 13.8 Å². The summed E-state index contributed by atoms with van der Waals surface area (Å²) in [5, 5.41) is 9.57. The third-order valence-corrected chi connectivity index (χ3v) is 5.58. The molecule has 1 aliphatic rings. The number of aliphatic hydroxyl groups is 1. The molecule has 0 aliphatic heterocycles. The van der Waals surface area contributed by atoms with Crippen LogP contribution < -0.4 is 11.5 Å². The highest BCUT2D eigenvalue weighted by Crippen LogP contribution is 2.49. The molecular formula is C17H23N5O3. The number of carbonyl (C=O) groups is 1. The van der Waals surface area contributed by atoms with Crippen LogP contribution in [0.3, 0.4) is 0 Å². The SMILES string of the molecule is CC1C(CO)CCC1(C)Cc1nc(N)nc(C(N)=O)c1-c1ncco1. The van der Waals surface area contributed by atoms with Gasteiger partial charge in [-0.3, -0.25) is 4.79 Å². The van der Waals surface area contributed by atoms with Crippen LogP contribution in [0.4, 0.5) is 5.95 Å². The molecule has 0 aromatic carbocycles. The molecular weight excluding hydrogens is 322 g/mol. The molecule has 3 atom stereocenters. The minimum absolute atomic E-state index is 0.00735. The van der Waals surface area contributed by atoms with Gasteiger partial charge in [-0.05, 0) is 36.5 Å². The molecule has 134 valence electrons. The van der Waals surface area contributed by atoms with E-state index in [2.05, 4.69) is 28.8 Å². The van der Waals surface area contributed by atoms with Crippen LogP contribution in [0.1, 0.15) is 42.9 Å². The Bertz CT molecular complexity index is 777. The van der Waals surface area contributed by atoms with E-state index in [1.165, 1.54) is 12.5 Å². The Kier molecular flexibility index (Phi) is 4.47. The molecule has 1 amide bonds. The number of nitrogens with zero attached hydrogens (tertiary/aromatic N) is 3. The number of nitrogen functional groups attached to an aromatic ring is 1. The molecule has 25 heavy (non-hydrogen) atoms. The summed E-state index contributed by atoms with van der Waals surface area (Å²) >= 11 is 0. The van der Waals surface area contributed by atoms with Crippen molar-refractivity contribution >= 4 is 11.9 Å². The van der Waals surface area contributed by atoms with Crippen molar-refractivity contribution in [3.8, 4) is 11.5 Å². The number of hydrogen-bond acceptors (Lipinski definition) is 7. The van der Waals surface area contributed by atoms with E-state index in [-0.39, 0.29) is 35.5 Å². The topological polar surface area (TPSA) is 141 Å². The number of aliphatic hydroxyl groups excluding tert-OH is 1. The molecule has 3 rings (SSSR count). The number of rotatable bonds is 5. The molecule has 2 aromatic rings. The van der Waals surface area contributed by atoms with Crippen LogP contribution in [0.25, 0.3) is 11.5 Å². The fourth-order valence-electron chi connectivity index (χ4n) is 3.85. The van der Waals surface area contributed by atoms with Gasteiger partial charge in [0.05, 0.1) is 17.5 Å². The lowest BCUT2D eigenvalue weighted by Gasteiger charge is -2.31. The van der Waals surface area contributed by atoms with Gasteiger partial charge in [-0.2, -0.15) is 0 Å². The van der Waals surface area contributed by atoms with Crippen molar-refractivity contribution in [1.82, 2.24) is 15.0 Å². The predicted octanol–water partition coefficient (Wildman–Crippen LogP) is 1.40. The van der Waals surface area contributed by atoms with E-state index in [0.29, 0.717) is 23.6 Å². The molecule has 8 heteroatoms. The van der Waals surface area contributed by atoms with Crippen molar-refractivity contribution in [1.29, 1.82) is 0 Å². The third kappa shape index (κ3) is 3.09. The maximum atomic E-state index is 11.9. The average molecular weight is 345 g/mol. The fraction of sp³-hybridized carbons (Fsp3) is 0.529. The molecule has 2 aromatic heterocycles. The zero-order chi connectivity index (χ0) is 18.2. The van der Waals surface area contributed by atoms with E-state index >= 15 is 0 Å². The monoisotopic (exact) mass is 345 g/mol. The number of nitrogens with two attached hydrogens (primary N) is 2. The fourth-order valence-corrected chi connectivity index (χ4v) is 3.85. The summed E-state index contributed by atoms with van der Waals surface area (Å²) < 4.78 is 5.38. The van der Waals surface area contributed by atoms with Crippen LogP contribution in [0.2, 0.25) is 0 Å². The number of hydrogen-bond donors (Lipinski definition) is 3. The molecule has 0 saturated heterocycles. The zero-order valence-electron chi connectivity index (χ0n) is 14.4. The van der Waals surface area contributed by atoms with Crippen LogP contribution in [0.15, 0.2) is 16.9 Å². The summed E-state index contributed by atoms with van der Waals surface area (Å²) in [5.74, 6) is 0.0818. The van der Waals surface area contributed by atoms with E-state index in [9.17, 15) is 9.90 Å². The lowest BCUT2D eigenvalue weighted by molar-refractivity contribution is 0.0995. The second-order valence-electron chi connectivity index (χ2n) is 7.05. The number of carbonyl (C=O) groups excluding carboxylic acids is 1. The molecule has 2 heterocycles. The maximum Gasteiger partial charge on any atom is 0.268 e. The predicted molar refractivity (Wildman–Crippen MR) is 91.2 cm³/mol. The minimum atomic E-state index is -0.707. The highest BCUT2D eigenvalue weighted by molar-refractivity contribution is 5.97. The first-order valence-corrected chi connectivity index (χ1v) is 8.32. The van der Waals surface area contributed by atoms with Gasteiger partial charge in [0.15, 0.2) is 0 Å². The molecule has 0 bridgehead atoms. The Labute approximate surface area is 145 Å². The quantitative estimate of drug-likeness (QED) is 0.743. The van der Waals surface area contributed by atoms with Crippen LogP contribution in [0, 0.1) is 17.3 Å². The first-order valence-electron chi connectivity index (χ1n) is 8.32. The van der Waals surface area contributed by atoms with Crippen molar-refractivity contribution in [2.24, 2.45) is 23.0 Å². The van der Waals surface area contributed by atoms with Crippen LogP contribution in [-0.2, 0) is 6.42 Å². The summed E-state index contributed by atoms with van der Waals surface area (Å²) in [6.45, 7) is 4.47. The maximum absolute atomic E-state index is 11.9. The summed E-state index contributed by atoms with van der Waals surface area (Å²) in [7, 11) is 0. The van der Waals surface area contributed by atoms with Crippen LogP contribution >= 0.6 is 0 Å². The lowest BCUT2D eigenvalue weighted by atomic mass is 9.74. The van der Waals surface area contributed by atoms with Crippen molar-refractivity contribution in [2.45, 2.75) is 33.1 Å². The minimum Gasteiger partial charge on any atom is -0.444 e. The molecule has 0 spiro atoms. The van der Waals surface area contributed by atoms with E-state index in [1.807, 2.05) is 0 Å². The molecule has 3 unspecified atom stereocenters. The zero-order valence-corrected chi connectivity index (χ0v) is 14.4. The van der Waals surface area contributed by atoms with Crippen molar-refractivity contribution < 1.29 is 14.3 Å².